The predicted molar refractivity (Wildman–Crippen MR) is 80.6 cm³/mol. The molecule has 0 saturated heterocycles. The number of rotatable bonds is 6. The Morgan fingerprint density at radius 1 is 1.26 bits per heavy atom. The number of ether oxygens (including phenoxy) is 1. The Bertz CT molecular complexity index is 648. The fourth-order valence-electron chi connectivity index (χ4n) is 2.16. The summed E-state index contributed by atoms with van der Waals surface area (Å²) in [6, 6.07) is 5.21. The van der Waals surface area contributed by atoms with Gasteiger partial charge in [0.25, 0.3) is 17.7 Å². The molecule has 7 nitrogen and oxygen atoms in total. The molecule has 3 amide bonds. The molecule has 1 aromatic carbocycles. The molecule has 1 aliphatic rings. The van der Waals surface area contributed by atoms with Crippen LogP contribution in [0.2, 0.25) is 0 Å². The third-order valence-electron chi connectivity index (χ3n) is 3.34. The molecular formula is C16H16N2O5. The van der Waals surface area contributed by atoms with Crippen molar-refractivity contribution in [3.8, 4) is 0 Å². The highest BCUT2D eigenvalue weighted by Crippen LogP contribution is 2.24. The summed E-state index contributed by atoms with van der Waals surface area (Å²) >= 11 is 0. The minimum absolute atomic E-state index is 0.251. The highest BCUT2D eigenvalue weighted by Gasteiger charge is 2.41. The van der Waals surface area contributed by atoms with Crippen LogP contribution in [0.1, 0.15) is 27.6 Å². The van der Waals surface area contributed by atoms with Crippen LogP contribution in [-0.4, -0.2) is 47.8 Å². The summed E-state index contributed by atoms with van der Waals surface area (Å²) in [5.41, 5.74) is 0.502. The first kappa shape index (κ1) is 16.4. The van der Waals surface area contributed by atoms with Gasteiger partial charge in [0, 0.05) is 6.54 Å². The van der Waals surface area contributed by atoms with Gasteiger partial charge in [0.05, 0.1) is 11.1 Å². The van der Waals surface area contributed by atoms with Crippen molar-refractivity contribution in [2.75, 3.05) is 13.2 Å². The SMILES string of the molecule is C=CCNC(=O)COC(=O)[C@@H](C)N1C(=O)c2ccccc2C1=O. The maximum Gasteiger partial charge on any atom is 0.329 e. The molecule has 0 unspecified atom stereocenters. The molecule has 1 aromatic rings. The number of hydrogen-bond donors (Lipinski definition) is 1. The summed E-state index contributed by atoms with van der Waals surface area (Å²) in [7, 11) is 0. The summed E-state index contributed by atoms with van der Waals surface area (Å²) in [6.07, 6.45) is 1.49. The molecule has 0 radical (unpaired) electrons. The van der Waals surface area contributed by atoms with Crippen LogP contribution in [0.15, 0.2) is 36.9 Å². The van der Waals surface area contributed by atoms with Crippen LogP contribution in [0.4, 0.5) is 0 Å². The van der Waals surface area contributed by atoms with E-state index < -0.39 is 36.3 Å². The van der Waals surface area contributed by atoms with Gasteiger partial charge in [-0.2, -0.15) is 0 Å². The monoisotopic (exact) mass is 316 g/mol. The summed E-state index contributed by atoms with van der Waals surface area (Å²) in [5, 5.41) is 2.45. The molecule has 1 atom stereocenters. The van der Waals surface area contributed by atoms with Crippen LogP contribution >= 0.6 is 0 Å². The Balaban J connectivity index is 2.01. The number of carbonyl (C=O) groups excluding carboxylic acids is 4. The first-order valence-corrected chi connectivity index (χ1v) is 6.98. The Labute approximate surface area is 132 Å². The molecule has 0 aliphatic carbocycles. The lowest BCUT2D eigenvalue weighted by Crippen LogP contribution is -2.44. The van der Waals surface area contributed by atoms with Crippen LogP contribution in [-0.2, 0) is 14.3 Å². The van der Waals surface area contributed by atoms with Crippen LogP contribution in [0.3, 0.4) is 0 Å². The Hall–Kier alpha value is -2.96. The molecule has 0 bridgehead atoms. The minimum Gasteiger partial charge on any atom is -0.454 e. The normalized spacial score (nSPS) is 14.2. The van der Waals surface area contributed by atoms with E-state index >= 15 is 0 Å². The van der Waals surface area contributed by atoms with Crippen LogP contribution in [0, 0.1) is 0 Å². The van der Waals surface area contributed by atoms with Crippen LogP contribution < -0.4 is 5.32 Å². The summed E-state index contributed by atoms with van der Waals surface area (Å²) in [6.45, 7) is 4.59. The molecule has 1 N–H and O–H groups in total. The summed E-state index contributed by atoms with van der Waals surface area (Å²) < 4.78 is 4.84. The topological polar surface area (TPSA) is 92.8 Å². The number of fused-ring (bicyclic) bond motifs is 1. The number of imide groups is 1. The van der Waals surface area contributed by atoms with E-state index in [0.717, 1.165) is 4.90 Å². The highest BCUT2D eigenvalue weighted by molar-refractivity contribution is 6.22. The Morgan fingerprint density at radius 2 is 1.83 bits per heavy atom. The maximum absolute atomic E-state index is 12.2. The van der Waals surface area contributed by atoms with E-state index in [1.165, 1.54) is 25.1 Å². The average Bonchev–Trinajstić information content (AvgIpc) is 2.81. The van der Waals surface area contributed by atoms with E-state index in [1.807, 2.05) is 0 Å². The van der Waals surface area contributed by atoms with Crippen molar-refractivity contribution in [2.24, 2.45) is 0 Å². The van der Waals surface area contributed by atoms with Crippen molar-refractivity contribution in [3.63, 3.8) is 0 Å². The summed E-state index contributed by atoms with van der Waals surface area (Å²) in [4.78, 5) is 48.7. The summed E-state index contributed by atoms with van der Waals surface area (Å²) in [5.74, 6) is -2.42. The molecule has 2 rings (SSSR count). The molecule has 0 aromatic heterocycles. The second kappa shape index (κ2) is 6.87. The molecule has 1 heterocycles. The second-order valence-electron chi connectivity index (χ2n) is 4.90. The first-order chi connectivity index (χ1) is 11.0. The van der Waals surface area contributed by atoms with Gasteiger partial charge in [0.15, 0.2) is 6.61 Å². The van der Waals surface area contributed by atoms with E-state index in [2.05, 4.69) is 11.9 Å². The smallest absolute Gasteiger partial charge is 0.329 e. The first-order valence-electron chi connectivity index (χ1n) is 6.98. The predicted octanol–water partition coefficient (Wildman–Crippen LogP) is 0.516. The maximum atomic E-state index is 12.2. The van der Waals surface area contributed by atoms with Gasteiger partial charge >= 0.3 is 5.97 Å². The van der Waals surface area contributed by atoms with E-state index in [-0.39, 0.29) is 17.7 Å². The van der Waals surface area contributed by atoms with E-state index in [4.69, 9.17) is 4.74 Å². The quantitative estimate of drug-likeness (QED) is 0.469. The number of hydrogen-bond acceptors (Lipinski definition) is 5. The molecule has 0 fully saturated rings. The van der Waals surface area contributed by atoms with E-state index in [1.54, 1.807) is 12.1 Å². The number of carbonyl (C=O) groups is 4. The molecule has 0 spiro atoms. The molecular weight excluding hydrogens is 300 g/mol. The number of esters is 1. The largest absolute Gasteiger partial charge is 0.454 e. The van der Waals surface area contributed by atoms with Crippen molar-refractivity contribution in [3.05, 3.63) is 48.0 Å². The van der Waals surface area contributed by atoms with E-state index in [0.29, 0.717) is 0 Å². The van der Waals surface area contributed by atoms with Crippen LogP contribution in [0.25, 0.3) is 0 Å². The Kier molecular flexibility index (Phi) is 4.90. The lowest BCUT2D eigenvalue weighted by Gasteiger charge is -2.20. The fourth-order valence-corrected chi connectivity index (χ4v) is 2.16. The van der Waals surface area contributed by atoms with Gasteiger partial charge in [-0.1, -0.05) is 18.2 Å². The van der Waals surface area contributed by atoms with Crippen LogP contribution in [0.5, 0.6) is 0 Å². The van der Waals surface area contributed by atoms with Crippen molar-refractivity contribution < 1.29 is 23.9 Å². The van der Waals surface area contributed by atoms with Gasteiger partial charge < -0.3 is 10.1 Å². The molecule has 1 aliphatic heterocycles. The molecule has 0 saturated carbocycles. The zero-order chi connectivity index (χ0) is 17.0. The van der Waals surface area contributed by atoms with Crippen molar-refractivity contribution in [1.82, 2.24) is 10.2 Å². The number of nitrogens with one attached hydrogen (secondary N) is 1. The number of amides is 3. The van der Waals surface area contributed by atoms with Gasteiger partial charge in [-0.15, -0.1) is 6.58 Å². The lowest BCUT2D eigenvalue weighted by molar-refractivity contribution is -0.151. The standard InChI is InChI=1S/C16H16N2O5/c1-3-8-17-13(19)9-23-16(22)10(2)18-14(20)11-6-4-5-7-12(11)15(18)21/h3-7,10H,1,8-9H2,2H3,(H,17,19)/t10-/m1/s1. The lowest BCUT2D eigenvalue weighted by atomic mass is 10.1. The highest BCUT2D eigenvalue weighted by atomic mass is 16.5. The number of benzene rings is 1. The third-order valence-corrected chi connectivity index (χ3v) is 3.34. The average molecular weight is 316 g/mol. The second-order valence-corrected chi connectivity index (χ2v) is 4.90. The van der Waals surface area contributed by atoms with Crippen molar-refractivity contribution >= 4 is 23.7 Å². The molecule has 7 heteroatoms. The van der Waals surface area contributed by atoms with Crippen molar-refractivity contribution in [2.45, 2.75) is 13.0 Å². The van der Waals surface area contributed by atoms with E-state index in [9.17, 15) is 19.2 Å². The van der Waals surface area contributed by atoms with Gasteiger partial charge in [-0.25, -0.2) is 4.79 Å². The van der Waals surface area contributed by atoms with Gasteiger partial charge in [-0.05, 0) is 19.1 Å². The third kappa shape index (κ3) is 3.28. The molecule has 23 heavy (non-hydrogen) atoms. The zero-order valence-corrected chi connectivity index (χ0v) is 12.6. The molecule has 120 valence electrons. The minimum atomic E-state index is -1.12. The zero-order valence-electron chi connectivity index (χ0n) is 12.6. The van der Waals surface area contributed by atoms with Gasteiger partial charge in [0.2, 0.25) is 0 Å². The number of nitrogens with zero attached hydrogens (tertiary/aromatic N) is 1. The van der Waals surface area contributed by atoms with Gasteiger partial charge in [0.1, 0.15) is 6.04 Å². The fraction of sp³-hybridized carbons (Fsp3) is 0.250. The van der Waals surface area contributed by atoms with Crippen molar-refractivity contribution in [1.29, 1.82) is 0 Å². The van der Waals surface area contributed by atoms with Gasteiger partial charge in [-0.3, -0.25) is 19.3 Å². The Morgan fingerprint density at radius 3 is 2.35 bits per heavy atom.